The van der Waals surface area contributed by atoms with Crippen LogP contribution in [-0.2, 0) is 25.5 Å². The van der Waals surface area contributed by atoms with Crippen molar-refractivity contribution < 1.29 is 33.4 Å². The average molecular weight is 616 g/mol. The van der Waals surface area contributed by atoms with Crippen LogP contribution in [0.1, 0.15) is 49.7 Å². The predicted molar refractivity (Wildman–Crippen MR) is 161 cm³/mol. The lowest BCUT2D eigenvalue weighted by atomic mass is 9.87. The van der Waals surface area contributed by atoms with E-state index in [2.05, 4.69) is 15.3 Å². The quantitative estimate of drug-likeness (QED) is 0.333. The first kappa shape index (κ1) is 31.2. The van der Waals surface area contributed by atoms with E-state index in [9.17, 15) is 19.5 Å². The molecule has 3 aliphatic rings. The van der Waals surface area contributed by atoms with Gasteiger partial charge in [-0.25, -0.2) is 9.18 Å². The molecule has 2 aliphatic heterocycles. The van der Waals surface area contributed by atoms with E-state index in [0.717, 1.165) is 37.6 Å². The number of urea groups is 1. The third-order valence-corrected chi connectivity index (χ3v) is 8.75. The summed E-state index contributed by atoms with van der Waals surface area (Å²) in [7, 11) is 1.62. The molecule has 0 spiro atoms. The molecule has 0 aromatic heterocycles. The summed E-state index contributed by atoms with van der Waals surface area (Å²) in [4.78, 5) is 39.3. The molecule has 1 saturated carbocycles. The molecule has 0 bridgehead atoms. The maximum absolute atomic E-state index is 15.0. The van der Waals surface area contributed by atoms with Crippen molar-refractivity contribution in [3.63, 3.8) is 0 Å². The molecule has 5 rings (SSSR count). The number of carbonyl (C=O) groups is 3. The van der Waals surface area contributed by atoms with Gasteiger partial charge in [0.25, 0.3) is 0 Å². The van der Waals surface area contributed by atoms with E-state index < -0.39 is 22.4 Å². The van der Waals surface area contributed by atoms with Crippen molar-refractivity contribution in [3.8, 4) is 0 Å². The Labute approximate surface area is 255 Å². The third kappa shape index (κ3) is 7.30. The number of fused-ring (bicyclic) bond motifs is 1. The lowest BCUT2D eigenvalue weighted by Crippen LogP contribution is -2.47. The highest BCUT2D eigenvalue weighted by atomic mass is 35.5. The van der Waals surface area contributed by atoms with Crippen molar-refractivity contribution in [2.45, 2.75) is 57.3 Å². The van der Waals surface area contributed by atoms with Crippen LogP contribution < -0.4 is 9.91 Å². The molecule has 2 heterocycles. The summed E-state index contributed by atoms with van der Waals surface area (Å²) >= 11 is 6.39. The van der Waals surface area contributed by atoms with Gasteiger partial charge in [0.15, 0.2) is 11.5 Å². The van der Waals surface area contributed by atoms with E-state index in [1.807, 2.05) is 18.2 Å². The predicted octanol–water partition coefficient (Wildman–Crippen LogP) is 5.21. The van der Waals surface area contributed by atoms with Gasteiger partial charge in [-0.15, -0.1) is 0 Å². The molecular formula is C31H37ClFN4O6+. The molecule has 1 saturated heterocycles. The number of hydrogen-bond donors (Lipinski definition) is 2. The maximum Gasteiger partial charge on any atom is 0.452 e. The van der Waals surface area contributed by atoms with Crippen LogP contribution in [0.25, 0.3) is 0 Å². The first-order valence-corrected chi connectivity index (χ1v) is 15.0. The van der Waals surface area contributed by atoms with Crippen LogP contribution in [0.5, 0.6) is 0 Å². The van der Waals surface area contributed by atoms with Gasteiger partial charge in [0.2, 0.25) is 0 Å². The summed E-state index contributed by atoms with van der Waals surface area (Å²) in [6.45, 7) is 1.70. The summed E-state index contributed by atoms with van der Waals surface area (Å²) in [5.74, 6) is -2.07. The summed E-state index contributed by atoms with van der Waals surface area (Å²) in [6.07, 6.45) is 5.65. The Kier molecular flexibility index (Phi) is 9.88. The number of ether oxygens (including phenoxy) is 2. The fourth-order valence-electron chi connectivity index (χ4n) is 5.90. The molecule has 2 aromatic carbocycles. The standard InChI is InChI=1S/C31H36ClFN4O6/c1-37(28-7-3-2-6-21(28)17-34-37)31(41)35-27-16-26(33)22(15-25(27)32)14-23(38)18-42-19-29(36-12-4-5-13-36)43-24-10-8-20(9-11-24)30(39)40/h2-3,6-7,15-17,20,24,29H,4-5,8-14,18-19H2,1H3,(H-,35,39,40,41)/p+1. The minimum atomic E-state index is -0.757. The highest BCUT2D eigenvalue weighted by Gasteiger charge is 2.41. The second-order valence-electron chi connectivity index (χ2n) is 11.5. The molecule has 1 aliphatic carbocycles. The number of carbonyl (C=O) groups excluding carboxylic acids is 2. The van der Waals surface area contributed by atoms with Gasteiger partial charge in [-0.3, -0.25) is 19.8 Å². The van der Waals surface area contributed by atoms with E-state index >= 15 is 4.39 Å². The highest BCUT2D eigenvalue weighted by molar-refractivity contribution is 6.34. The fourth-order valence-corrected chi connectivity index (χ4v) is 6.14. The number of anilines is 1. The van der Waals surface area contributed by atoms with Crippen molar-refractivity contribution in [1.29, 1.82) is 0 Å². The molecule has 10 nitrogen and oxygen atoms in total. The summed E-state index contributed by atoms with van der Waals surface area (Å²) in [6, 6.07) is 9.26. The second-order valence-corrected chi connectivity index (χ2v) is 11.9. The Bertz CT molecular complexity index is 1390. The second kappa shape index (κ2) is 13.6. The number of rotatable bonds is 11. The van der Waals surface area contributed by atoms with Crippen molar-refractivity contribution in [2.24, 2.45) is 11.0 Å². The number of ketones is 1. The van der Waals surface area contributed by atoms with E-state index in [-0.39, 0.29) is 59.9 Å². The number of nitrogens with zero attached hydrogens (tertiary/aromatic N) is 3. The molecule has 2 aromatic rings. The van der Waals surface area contributed by atoms with Crippen molar-refractivity contribution in [3.05, 3.63) is 58.4 Å². The van der Waals surface area contributed by atoms with Crippen LogP contribution in [0, 0.1) is 11.7 Å². The number of nitrogens with one attached hydrogen (secondary N) is 1. The largest absolute Gasteiger partial charge is 0.481 e. The van der Waals surface area contributed by atoms with Gasteiger partial charge in [-0.2, -0.15) is 0 Å². The number of Topliss-reactive ketones (excluding diaryl/α,β-unsaturated/α-hetero) is 1. The van der Waals surface area contributed by atoms with Gasteiger partial charge < -0.3 is 14.6 Å². The number of hydrogen-bond acceptors (Lipinski definition) is 7. The zero-order valence-corrected chi connectivity index (χ0v) is 24.9. The minimum Gasteiger partial charge on any atom is -0.481 e. The summed E-state index contributed by atoms with van der Waals surface area (Å²) in [5, 5.41) is 16.3. The molecule has 43 heavy (non-hydrogen) atoms. The Morgan fingerprint density at radius 3 is 2.60 bits per heavy atom. The number of amides is 2. The molecule has 230 valence electrons. The number of benzene rings is 2. The monoisotopic (exact) mass is 615 g/mol. The number of aliphatic carboxylic acids is 1. The number of likely N-dealkylation sites (tertiary alicyclic amines) is 1. The molecule has 2 N–H and O–H groups in total. The SMILES string of the molecule is C[N+]1(C(=O)Nc2cc(F)c(CC(=O)COCC(OC3CCC(C(=O)O)CC3)N3CCCC3)cc2Cl)N=Cc2ccccc21. The van der Waals surface area contributed by atoms with Gasteiger partial charge in [0, 0.05) is 25.6 Å². The van der Waals surface area contributed by atoms with Crippen LogP contribution in [-0.4, -0.2) is 79.7 Å². The van der Waals surface area contributed by atoms with Crippen LogP contribution in [0.2, 0.25) is 5.02 Å². The zero-order chi connectivity index (χ0) is 30.6. The molecule has 2 atom stereocenters. The Morgan fingerprint density at radius 1 is 1.16 bits per heavy atom. The van der Waals surface area contributed by atoms with Crippen LogP contribution in [0.4, 0.5) is 20.6 Å². The van der Waals surface area contributed by atoms with Crippen molar-refractivity contribution >= 4 is 47.0 Å². The Hall–Kier alpha value is -3.22. The number of halogens is 2. The van der Waals surface area contributed by atoms with Gasteiger partial charge in [-0.1, -0.05) is 33.4 Å². The minimum absolute atomic E-state index is 0.0488. The van der Waals surface area contributed by atoms with Crippen LogP contribution >= 0.6 is 11.6 Å². The number of carboxylic acid groups (broad SMARTS) is 1. The van der Waals surface area contributed by atoms with Crippen LogP contribution in [0.3, 0.4) is 0 Å². The molecular weight excluding hydrogens is 579 g/mol. The van der Waals surface area contributed by atoms with Gasteiger partial charge in [-0.05, 0) is 62.3 Å². The van der Waals surface area contributed by atoms with Crippen molar-refractivity contribution in [1.82, 2.24) is 9.49 Å². The number of para-hydroxylation sites is 1. The molecule has 12 heteroatoms. The van der Waals surface area contributed by atoms with E-state index in [1.54, 1.807) is 19.3 Å². The number of carboxylic acids is 1. The van der Waals surface area contributed by atoms with E-state index in [4.69, 9.17) is 21.1 Å². The molecule has 0 radical (unpaired) electrons. The fraction of sp³-hybridized carbons (Fsp3) is 0.484. The summed E-state index contributed by atoms with van der Waals surface area (Å²) in [5.41, 5.74) is 1.68. The van der Waals surface area contributed by atoms with Gasteiger partial charge in [0.1, 0.15) is 25.7 Å². The molecule has 2 fully saturated rings. The normalized spacial score (nSPS) is 24.1. The maximum atomic E-state index is 15.0. The van der Waals surface area contributed by atoms with E-state index in [0.29, 0.717) is 31.4 Å². The molecule has 2 amide bonds. The van der Waals surface area contributed by atoms with E-state index in [1.165, 1.54) is 6.07 Å². The zero-order valence-electron chi connectivity index (χ0n) is 24.1. The van der Waals surface area contributed by atoms with Crippen molar-refractivity contribution in [2.75, 3.05) is 38.7 Å². The summed E-state index contributed by atoms with van der Waals surface area (Å²) < 4.78 is 26.7. The van der Waals surface area contributed by atoms with Crippen LogP contribution in [0.15, 0.2) is 41.5 Å². The number of quaternary nitrogens is 1. The van der Waals surface area contributed by atoms with Gasteiger partial charge in [0.05, 0.1) is 41.1 Å². The Morgan fingerprint density at radius 2 is 1.88 bits per heavy atom. The lowest BCUT2D eigenvalue weighted by Gasteiger charge is -2.34. The first-order valence-electron chi connectivity index (χ1n) is 14.7. The third-order valence-electron chi connectivity index (χ3n) is 8.44. The topological polar surface area (TPSA) is 118 Å². The average Bonchev–Trinajstić information content (AvgIpc) is 3.65. The Balaban J connectivity index is 1.14. The molecule has 2 unspecified atom stereocenters. The van der Waals surface area contributed by atoms with Gasteiger partial charge >= 0.3 is 12.0 Å². The smallest absolute Gasteiger partial charge is 0.452 e. The lowest BCUT2D eigenvalue weighted by molar-refractivity contribution is -0.151. The first-order chi connectivity index (χ1) is 20.6. The highest BCUT2D eigenvalue weighted by Crippen LogP contribution is 2.33.